The molecule has 0 fully saturated rings. The lowest BCUT2D eigenvalue weighted by molar-refractivity contribution is -0.895. The SMILES string of the molecule is CCC(c1cccc([N+](=O)[O-])c1)C(C)[N+](C)(C)C. The summed E-state index contributed by atoms with van der Waals surface area (Å²) in [6.45, 7) is 4.34. The van der Waals surface area contributed by atoms with E-state index >= 15 is 0 Å². The lowest BCUT2D eigenvalue weighted by Gasteiger charge is -2.36. The number of nitro benzene ring substituents is 1. The highest BCUT2D eigenvalue weighted by molar-refractivity contribution is 5.36. The van der Waals surface area contributed by atoms with Crippen LogP contribution in [0.5, 0.6) is 0 Å². The molecule has 18 heavy (non-hydrogen) atoms. The third-order valence-electron chi connectivity index (χ3n) is 3.75. The van der Waals surface area contributed by atoms with Crippen LogP contribution in [0.2, 0.25) is 0 Å². The molecule has 2 unspecified atom stereocenters. The molecule has 0 radical (unpaired) electrons. The Bertz CT molecular complexity index is 424. The van der Waals surface area contributed by atoms with E-state index < -0.39 is 0 Å². The van der Waals surface area contributed by atoms with Gasteiger partial charge in [0.1, 0.15) is 0 Å². The van der Waals surface area contributed by atoms with Gasteiger partial charge in [-0.15, -0.1) is 0 Å². The number of likely N-dealkylation sites (N-methyl/N-ethyl adjacent to an activating group) is 1. The number of nitrogens with zero attached hydrogens (tertiary/aromatic N) is 2. The van der Waals surface area contributed by atoms with Gasteiger partial charge in [-0.25, -0.2) is 0 Å². The maximum Gasteiger partial charge on any atom is 0.269 e. The first-order valence-corrected chi connectivity index (χ1v) is 6.32. The van der Waals surface area contributed by atoms with Crippen molar-refractivity contribution < 1.29 is 9.41 Å². The van der Waals surface area contributed by atoms with Crippen molar-refractivity contribution in [1.29, 1.82) is 0 Å². The van der Waals surface area contributed by atoms with Gasteiger partial charge >= 0.3 is 0 Å². The fraction of sp³-hybridized carbons (Fsp3) is 0.571. The number of non-ortho nitro benzene ring substituents is 1. The number of hydrogen-bond donors (Lipinski definition) is 0. The van der Waals surface area contributed by atoms with Crippen LogP contribution in [0, 0.1) is 10.1 Å². The Labute approximate surface area is 109 Å². The van der Waals surface area contributed by atoms with Crippen LogP contribution in [0.25, 0.3) is 0 Å². The molecule has 1 aromatic carbocycles. The fourth-order valence-corrected chi connectivity index (χ4v) is 2.26. The molecule has 4 heteroatoms. The molecule has 0 saturated heterocycles. The number of nitro groups is 1. The second kappa shape index (κ2) is 5.48. The van der Waals surface area contributed by atoms with Crippen LogP contribution in [0.15, 0.2) is 24.3 Å². The van der Waals surface area contributed by atoms with E-state index in [0.29, 0.717) is 12.0 Å². The van der Waals surface area contributed by atoms with Crippen LogP contribution >= 0.6 is 0 Å². The molecule has 0 aliphatic heterocycles. The third-order valence-corrected chi connectivity index (χ3v) is 3.75. The predicted octanol–water partition coefficient (Wildman–Crippen LogP) is 3.18. The first kappa shape index (κ1) is 14.6. The molecule has 0 spiro atoms. The zero-order chi connectivity index (χ0) is 13.9. The summed E-state index contributed by atoms with van der Waals surface area (Å²) >= 11 is 0. The summed E-state index contributed by atoms with van der Waals surface area (Å²) < 4.78 is 0.848. The average molecular weight is 251 g/mol. The van der Waals surface area contributed by atoms with E-state index in [0.717, 1.165) is 16.5 Å². The van der Waals surface area contributed by atoms with E-state index in [1.165, 1.54) is 0 Å². The molecular formula is C14H23N2O2+. The van der Waals surface area contributed by atoms with E-state index in [1.54, 1.807) is 18.2 Å². The molecule has 0 bridgehead atoms. The summed E-state index contributed by atoms with van der Waals surface area (Å²) in [4.78, 5) is 10.5. The molecule has 0 saturated carbocycles. The normalized spacial score (nSPS) is 15.2. The number of hydrogen-bond acceptors (Lipinski definition) is 2. The standard InChI is InChI=1S/C14H23N2O2/c1-6-14(11(2)16(3,4)5)12-8-7-9-13(10-12)15(17)18/h7-11,14H,6H2,1-5H3/q+1. The zero-order valence-corrected chi connectivity index (χ0v) is 11.9. The molecule has 0 amide bonds. The third kappa shape index (κ3) is 3.29. The molecule has 0 aliphatic rings. The van der Waals surface area contributed by atoms with Gasteiger partial charge in [0, 0.05) is 18.1 Å². The molecule has 4 nitrogen and oxygen atoms in total. The number of quaternary nitrogens is 1. The summed E-state index contributed by atoms with van der Waals surface area (Å²) in [5.74, 6) is 0.338. The van der Waals surface area contributed by atoms with E-state index in [4.69, 9.17) is 0 Å². The summed E-state index contributed by atoms with van der Waals surface area (Å²) in [5.41, 5.74) is 1.24. The minimum Gasteiger partial charge on any atom is -0.328 e. The smallest absolute Gasteiger partial charge is 0.269 e. The molecule has 0 aliphatic carbocycles. The van der Waals surface area contributed by atoms with Gasteiger partial charge in [0.05, 0.1) is 32.1 Å². The van der Waals surface area contributed by atoms with Crippen molar-refractivity contribution in [2.24, 2.45) is 0 Å². The summed E-state index contributed by atoms with van der Waals surface area (Å²) in [7, 11) is 6.47. The van der Waals surface area contributed by atoms with Crippen molar-refractivity contribution in [2.45, 2.75) is 32.2 Å². The number of rotatable bonds is 5. The molecule has 0 aromatic heterocycles. The first-order chi connectivity index (χ1) is 8.27. The van der Waals surface area contributed by atoms with Crippen molar-refractivity contribution in [3.63, 3.8) is 0 Å². The Hall–Kier alpha value is -1.42. The second-order valence-electron chi connectivity index (χ2n) is 5.72. The van der Waals surface area contributed by atoms with E-state index in [9.17, 15) is 10.1 Å². The highest BCUT2D eigenvalue weighted by atomic mass is 16.6. The van der Waals surface area contributed by atoms with Crippen molar-refractivity contribution in [3.8, 4) is 0 Å². The maximum atomic E-state index is 10.8. The predicted molar refractivity (Wildman–Crippen MR) is 73.6 cm³/mol. The van der Waals surface area contributed by atoms with E-state index in [2.05, 4.69) is 35.0 Å². The van der Waals surface area contributed by atoms with Crippen molar-refractivity contribution in [1.82, 2.24) is 0 Å². The molecule has 1 aromatic rings. The second-order valence-corrected chi connectivity index (χ2v) is 5.72. The molecule has 100 valence electrons. The molecule has 2 atom stereocenters. The van der Waals surface area contributed by atoms with Crippen LogP contribution < -0.4 is 0 Å². The van der Waals surface area contributed by atoms with Crippen molar-refractivity contribution >= 4 is 5.69 Å². The monoisotopic (exact) mass is 251 g/mol. The van der Waals surface area contributed by atoms with Crippen LogP contribution in [0.1, 0.15) is 31.7 Å². The summed E-state index contributed by atoms with van der Waals surface area (Å²) in [5, 5.41) is 10.8. The maximum absolute atomic E-state index is 10.8. The van der Waals surface area contributed by atoms with Crippen molar-refractivity contribution in [2.75, 3.05) is 21.1 Å². The van der Waals surface area contributed by atoms with Crippen LogP contribution in [-0.2, 0) is 0 Å². The van der Waals surface area contributed by atoms with Crippen LogP contribution in [-0.4, -0.2) is 36.6 Å². The summed E-state index contributed by atoms with van der Waals surface area (Å²) in [6.07, 6.45) is 0.984. The Morgan fingerprint density at radius 1 is 1.33 bits per heavy atom. The lowest BCUT2D eigenvalue weighted by atomic mass is 9.88. The Morgan fingerprint density at radius 2 is 1.94 bits per heavy atom. The minimum atomic E-state index is -0.327. The topological polar surface area (TPSA) is 43.1 Å². The quantitative estimate of drug-likeness (QED) is 0.458. The minimum absolute atomic E-state index is 0.180. The van der Waals surface area contributed by atoms with Gasteiger partial charge in [-0.2, -0.15) is 0 Å². The Morgan fingerprint density at radius 3 is 2.39 bits per heavy atom. The zero-order valence-electron chi connectivity index (χ0n) is 11.9. The van der Waals surface area contributed by atoms with Gasteiger partial charge in [0.2, 0.25) is 0 Å². The largest absolute Gasteiger partial charge is 0.328 e. The lowest BCUT2D eigenvalue weighted by Crippen LogP contribution is -2.46. The van der Waals surface area contributed by atoms with Gasteiger partial charge < -0.3 is 4.48 Å². The van der Waals surface area contributed by atoms with Gasteiger partial charge in [-0.1, -0.05) is 19.1 Å². The Balaban J connectivity index is 3.09. The first-order valence-electron chi connectivity index (χ1n) is 6.32. The van der Waals surface area contributed by atoms with Crippen LogP contribution in [0.3, 0.4) is 0 Å². The highest BCUT2D eigenvalue weighted by Crippen LogP contribution is 2.30. The number of benzene rings is 1. The van der Waals surface area contributed by atoms with Gasteiger partial charge in [-0.3, -0.25) is 10.1 Å². The highest BCUT2D eigenvalue weighted by Gasteiger charge is 2.29. The van der Waals surface area contributed by atoms with E-state index in [-0.39, 0.29) is 10.6 Å². The van der Waals surface area contributed by atoms with Crippen molar-refractivity contribution in [3.05, 3.63) is 39.9 Å². The molecular weight excluding hydrogens is 228 g/mol. The van der Waals surface area contributed by atoms with Crippen LogP contribution in [0.4, 0.5) is 5.69 Å². The fourth-order valence-electron chi connectivity index (χ4n) is 2.26. The summed E-state index contributed by atoms with van der Waals surface area (Å²) in [6, 6.07) is 7.44. The molecule has 0 heterocycles. The molecule has 0 N–H and O–H groups in total. The average Bonchev–Trinajstić information content (AvgIpc) is 2.29. The van der Waals surface area contributed by atoms with E-state index in [1.807, 2.05) is 6.07 Å². The van der Waals surface area contributed by atoms with Gasteiger partial charge in [0.25, 0.3) is 5.69 Å². The van der Waals surface area contributed by atoms with Gasteiger partial charge in [0.15, 0.2) is 0 Å². The molecule has 1 rings (SSSR count). The van der Waals surface area contributed by atoms with Gasteiger partial charge in [-0.05, 0) is 18.9 Å². The Kier molecular flexibility index (Phi) is 4.46.